The molecule has 3 rings (SSSR count). The first-order valence-electron chi connectivity index (χ1n) is 8.20. The Labute approximate surface area is 147 Å². The number of rotatable bonds is 5. The number of benzene rings is 2. The third-order valence-corrected chi connectivity index (χ3v) is 3.93. The lowest BCUT2D eigenvalue weighted by molar-refractivity contribution is 0.102. The Bertz CT molecular complexity index is 858. The number of hydrogen-bond acceptors (Lipinski definition) is 4. The van der Waals surface area contributed by atoms with Crippen LogP contribution in [0.1, 0.15) is 28.4 Å². The minimum Gasteiger partial charge on any atom is -0.324 e. The fourth-order valence-electron chi connectivity index (χ4n) is 2.37. The standard InChI is InChI=1S/C20H20N4O/c1-3-15-8-10-17(11-9-15)23-20-21-12-16(13-22-20)19(25)24-18-7-5-4-6-14(18)2/h4-13H,3H2,1-2H3,(H,24,25)(H,21,22,23). The maximum Gasteiger partial charge on any atom is 0.258 e. The van der Waals surface area contributed by atoms with Crippen molar-refractivity contribution < 1.29 is 4.79 Å². The van der Waals surface area contributed by atoms with Gasteiger partial charge in [-0.15, -0.1) is 0 Å². The number of nitrogens with one attached hydrogen (secondary N) is 2. The van der Waals surface area contributed by atoms with Crippen molar-refractivity contribution in [1.29, 1.82) is 0 Å². The Kier molecular flexibility index (Phi) is 5.04. The smallest absolute Gasteiger partial charge is 0.258 e. The van der Waals surface area contributed by atoms with Crippen LogP contribution in [0.5, 0.6) is 0 Å². The van der Waals surface area contributed by atoms with E-state index in [0.717, 1.165) is 23.4 Å². The lowest BCUT2D eigenvalue weighted by Crippen LogP contribution is -2.13. The topological polar surface area (TPSA) is 66.9 Å². The minimum absolute atomic E-state index is 0.229. The van der Waals surface area contributed by atoms with Gasteiger partial charge in [-0.25, -0.2) is 9.97 Å². The second-order valence-corrected chi connectivity index (χ2v) is 5.74. The summed E-state index contributed by atoms with van der Waals surface area (Å²) in [7, 11) is 0. The van der Waals surface area contributed by atoms with E-state index in [9.17, 15) is 4.79 Å². The molecular formula is C20H20N4O. The highest BCUT2D eigenvalue weighted by Gasteiger charge is 2.09. The predicted octanol–water partition coefficient (Wildman–Crippen LogP) is 4.34. The Morgan fingerprint density at radius 2 is 1.68 bits per heavy atom. The van der Waals surface area contributed by atoms with Crippen LogP contribution in [0, 0.1) is 6.92 Å². The highest BCUT2D eigenvalue weighted by atomic mass is 16.1. The van der Waals surface area contributed by atoms with Crippen molar-refractivity contribution in [3.8, 4) is 0 Å². The average molecular weight is 332 g/mol. The number of aryl methyl sites for hydroxylation is 2. The van der Waals surface area contributed by atoms with Crippen molar-refractivity contribution in [3.05, 3.63) is 77.6 Å². The van der Waals surface area contributed by atoms with Crippen molar-refractivity contribution in [2.75, 3.05) is 10.6 Å². The second-order valence-electron chi connectivity index (χ2n) is 5.74. The average Bonchev–Trinajstić information content (AvgIpc) is 2.65. The lowest BCUT2D eigenvalue weighted by Gasteiger charge is -2.09. The number of amides is 1. The van der Waals surface area contributed by atoms with Crippen LogP contribution in [0.3, 0.4) is 0 Å². The number of carbonyl (C=O) groups is 1. The fourth-order valence-corrected chi connectivity index (χ4v) is 2.37. The van der Waals surface area contributed by atoms with Crippen molar-refractivity contribution in [2.45, 2.75) is 20.3 Å². The first kappa shape index (κ1) is 16.6. The van der Waals surface area contributed by atoms with Gasteiger partial charge in [0.25, 0.3) is 5.91 Å². The normalized spacial score (nSPS) is 10.3. The van der Waals surface area contributed by atoms with Crippen LogP contribution in [-0.4, -0.2) is 15.9 Å². The number of carbonyl (C=O) groups excluding carboxylic acids is 1. The molecule has 2 N–H and O–H groups in total. The van der Waals surface area contributed by atoms with Gasteiger partial charge >= 0.3 is 0 Å². The van der Waals surface area contributed by atoms with E-state index >= 15 is 0 Å². The van der Waals surface area contributed by atoms with Crippen LogP contribution in [0.25, 0.3) is 0 Å². The summed E-state index contributed by atoms with van der Waals surface area (Å²) < 4.78 is 0. The summed E-state index contributed by atoms with van der Waals surface area (Å²) in [6.45, 7) is 4.06. The molecule has 0 aliphatic rings. The Balaban J connectivity index is 1.67. The highest BCUT2D eigenvalue weighted by molar-refractivity contribution is 6.04. The summed E-state index contributed by atoms with van der Waals surface area (Å²) in [5.41, 5.74) is 4.38. The molecule has 1 aromatic heterocycles. The molecule has 0 saturated heterocycles. The third-order valence-electron chi connectivity index (χ3n) is 3.93. The zero-order chi connectivity index (χ0) is 17.6. The van der Waals surface area contributed by atoms with Crippen molar-refractivity contribution in [2.24, 2.45) is 0 Å². The Morgan fingerprint density at radius 1 is 1.00 bits per heavy atom. The fraction of sp³-hybridized carbons (Fsp3) is 0.150. The van der Waals surface area contributed by atoms with Gasteiger partial charge in [-0.2, -0.15) is 0 Å². The van der Waals surface area contributed by atoms with E-state index in [1.807, 2.05) is 43.3 Å². The van der Waals surface area contributed by atoms with Crippen LogP contribution >= 0.6 is 0 Å². The van der Waals surface area contributed by atoms with Crippen molar-refractivity contribution in [1.82, 2.24) is 9.97 Å². The Morgan fingerprint density at radius 3 is 2.32 bits per heavy atom. The predicted molar refractivity (Wildman–Crippen MR) is 100 cm³/mol. The molecule has 0 fully saturated rings. The number of anilines is 3. The first-order chi connectivity index (χ1) is 12.2. The van der Waals surface area contributed by atoms with E-state index < -0.39 is 0 Å². The first-order valence-corrected chi connectivity index (χ1v) is 8.20. The highest BCUT2D eigenvalue weighted by Crippen LogP contribution is 2.16. The molecule has 126 valence electrons. The summed E-state index contributed by atoms with van der Waals surface area (Å²) in [5, 5.41) is 6.00. The van der Waals surface area contributed by atoms with Crippen LogP contribution < -0.4 is 10.6 Å². The monoisotopic (exact) mass is 332 g/mol. The summed E-state index contributed by atoms with van der Waals surface area (Å²) in [6.07, 6.45) is 4.04. The molecule has 0 spiro atoms. The molecule has 2 aromatic carbocycles. The molecule has 0 unspecified atom stereocenters. The summed E-state index contributed by atoms with van der Waals surface area (Å²) in [6, 6.07) is 15.7. The van der Waals surface area contributed by atoms with Crippen LogP contribution in [-0.2, 0) is 6.42 Å². The van der Waals surface area contributed by atoms with E-state index in [1.165, 1.54) is 18.0 Å². The lowest BCUT2D eigenvalue weighted by atomic mass is 10.1. The zero-order valence-electron chi connectivity index (χ0n) is 14.3. The second kappa shape index (κ2) is 7.57. The van der Waals surface area contributed by atoms with Gasteiger partial charge in [0.2, 0.25) is 5.95 Å². The molecule has 0 saturated carbocycles. The van der Waals surface area contributed by atoms with Crippen LogP contribution in [0.2, 0.25) is 0 Å². The molecule has 1 heterocycles. The quantitative estimate of drug-likeness (QED) is 0.729. The largest absolute Gasteiger partial charge is 0.324 e. The van der Waals surface area contributed by atoms with E-state index in [-0.39, 0.29) is 5.91 Å². The SMILES string of the molecule is CCc1ccc(Nc2ncc(C(=O)Nc3ccccc3C)cn2)cc1. The van der Waals surface area contributed by atoms with Crippen LogP contribution in [0.15, 0.2) is 60.9 Å². The Hall–Kier alpha value is -3.21. The van der Waals surface area contributed by atoms with Gasteiger partial charge in [0.05, 0.1) is 5.56 Å². The van der Waals surface area contributed by atoms with Gasteiger partial charge in [0.1, 0.15) is 0 Å². The van der Waals surface area contributed by atoms with Gasteiger partial charge < -0.3 is 10.6 Å². The van der Waals surface area contributed by atoms with Gasteiger partial charge in [-0.3, -0.25) is 4.79 Å². The maximum absolute atomic E-state index is 12.3. The summed E-state index contributed by atoms with van der Waals surface area (Å²) >= 11 is 0. The van der Waals surface area contributed by atoms with E-state index in [4.69, 9.17) is 0 Å². The number of para-hydroxylation sites is 1. The molecule has 0 aliphatic carbocycles. The number of hydrogen-bond donors (Lipinski definition) is 2. The minimum atomic E-state index is -0.229. The molecule has 25 heavy (non-hydrogen) atoms. The van der Waals surface area contributed by atoms with Gasteiger partial charge in [-0.05, 0) is 42.7 Å². The zero-order valence-corrected chi connectivity index (χ0v) is 14.3. The third kappa shape index (κ3) is 4.20. The van der Waals surface area contributed by atoms with Gasteiger partial charge in [0.15, 0.2) is 0 Å². The summed E-state index contributed by atoms with van der Waals surface area (Å²) in [5.74, 6) is 0.227. The molecule has 0 bridgehead atoms. The van der Waals surface area contributed by atoms with Crippen molar-refractivity contribution >= 4 is 23.2 Å². The molecule has 0 aliphatic heterocycles. The molecule has 3 aromatic rings. The number of nitrogens with zero attached hydrogens (tertiary/aromatic N) is 2. The van der Waals surface area contributed by atoms with Crippen LogP contribution in [0.4, 0.5) is 17.3 Å². The molecule has 1 amide bonds. The van der Waals surface area contributed by atoms with E-state index in [1.54, 1.807) is 0 Å². The van der Waals surface area contributed by atoms with E-state index in [0.29, 0.717) is 11.5 Å². The van der Waals surface area contributed by atoms with Gasteiger partial charge in [-0.1, -0.05) is 37.3 Å². The van der Waals surface area contributed by atoms with Gasteiger partial charge in [0, 0.05) is 23.8 Å². The summed E-state index contributed by atoms with van der Waals surface area (Å²) in [4.78, 5) is 20.7. The number of aromatic nitrogens is 2. The van der Waals surface area contributed by atoms with Crippen molar-refractivity contribution in [3.63, 3.8) is 0 Å². The van der Waals surface area contributed by atoms with E-state index in [2.05, 4.69) is 39.7 Å². The molecule has 5 nitrogen and oxygen atoms in total. The molecular weight excluding hydrogens is 312 g/mol. The molecule has 5 heteroatoms. The molecule has 0 atom stereocenters. The molecule has 0 radical (unpaired) electrons. The maximum atomic E-state index is 12.3.